The van der Waals surface area contributed by atoms with E-state index in [0.717, 1.165) is 58.2 Å². The first kappa shape index (κ1) is 57.1. The van der Waals surface area contributed by atoms with Gasteiger partial charge >= 0.3 is 19.8 Å². The van der Waals surface area contributed by atoms with Crippen molar-refractivity contribution in [3.05, 3.63) is 118 Å². The molecule has 0 bridgehead atoms. The molecule has 3 aromatic carbocycles. The molecule has 3 saturated heterocycles. The van der Waals surface area contributed by atoms with E-state index in [1.54, 1.807) is 39.0 Å². The van der Waals surface area contributed by atoms with Gasteiger partial charge in [0.2, 0.25) is 0 Å². The average molecular weight is 1140 g/mol. The van der Waals surface area contributed by atoms with E-state index in [4.69, 9.17) is 0 Å². The van der Waals surface area contributed by atoms with Gasteiger partial charge in [0.15, 0.2) is 16.3 Å². The van der Waals surface area contributed by atoms with Crippen LogP contribution in [0.4, 0.5) is 30.2 Å². The Morgan fingerprint density at radius 3 is 0.911 bits per heavy atom. The van der Waals surface area contributed by atoms with Gasteiger partial charge in [-0.25, -0.2) is 13.2 Å². The molecule has 6 fully saturated rings. The Balaban J connectivity index is 0.000000143. The van der Waals surface area contributed by atoms with Gasteiger partial charge in [0.05, 0.1) is 84.4 Å². The maximum absolute atomic E-state index is 15.1. The normalized spacial score (nSPS) is 20.3. The Morgan fingerprint density at radius 2 is 0.709 bits per heavy atom. The van der Waals surface area contributed by atoms with E-state index in [9.17, 15) is 44.1 Å². The van der Waals surface area contributed by atoms with Crippen LogP contribution in [-0.2, 0) is 0 Å². The number of anilines is 3. The number of carboxylic acid groups (broad SMARTS) is 3. The van der Waals surface area contributed by atoms with Crippen LogP contribution < -0.4 is 62.3 Å². The summed E-state index contributed by atoms with van der Waals surface area (Å²) in [6.07, 6.45) is 9.59. The maximum Gasteiger partial charge on any atom is 3.00 e. The number of rotatable bonds is 9. The molecule has 6 aliphatic rings. The summed E-state index contributed by atoms with van der Waals surface area (Å²) in [5, 5.41) is 44.5. The number of aryl methyl sites for hydroxylation is 3. The maximum atomic E-state index is 15.1. The summed E-state index contributed by atoms with van der Waals surface area (Å²) in [6.45, 7) is 17.1. The van der Waals surface area contributed by atoms with Crippen LogP contribution in [0, 0.1) is 38.2 Å². The van der Waals surface area contributed by atoms with Crippen LogP contribution >= 0.6 is 0 Å². The van der Waals surface area contributed by atoms with Crippen LogP contribution in [-0.4, -0.2) is 128 Å². The second kappa shape index (κ2) is 22.5. The van der Waals surface area contributed by atoms with Crippen molar-refractivity contribution in [2.45, 2.75) is 116 Å². The Bertz CT molecular complexity index is 3280. The van der Waals surface area contributed by atoms with E-state index in [1.807, 2.05) is 49.2 Å². The number of pyridine rings is 3. The van der Waals surface area contributed by atoms with Crippen LogP contribution in [0.5, 0.6) is 0 Å². The van der Waals surface area contributed by atoms with Crippen molar-refractivity contribution in [1.82, 2.24) is 29.7 Å². The van der Waals surface area contributed by atoms with Crippen LogP contribution in [0.1, 0.15) is 125 Å². The monoisotopic (exact) mass is 1140 g/mol. The van der Waals surface area contributed by atoms with Crippen LogP contribution in [0.2, 0.25) is 0 Å². The molecule has 0 radical (unpaired) electrons. The summed E-state index contributed by atoms with van der Waals surface area (Å²) in [4.78, 5) is 78.0. The molecule has 0 spiro atoms. The Labute approximate surface area is 466 Å². The summed E-state index contributed by atoms with van der Waals surface area (Å²) >= 11 is 0. The third-order valence-corrected chi connectivity index (χ3v) is 16.0. The van der Waals surface area contributed by atoms with E-state index in [1.165, 1.54) is 18.6 Å². The quantitative estimate of drug-likeness (QED) is 0.177. The molecule has 79 heavy (non-hydrogen) atoms. The molecular weight excluding hydrogens is 1080 g/mol. The number of benzene rings is 3. The predicted molar refractivity (Wildman–Crippen MR) is 291 cm³/mol. The van der Waals surface area contributed by atoms with Crippen LogP contribution in [0.3, 0.4) is 0 Å². The molecule has 12 rings (SSSR count). The third kappa shape index (κ3) is 11.1. The second-order valence-corrected chi connectivity index (χ2v) is 22.0. The fourth-order valence-corrected chi connectivity index (χ4v) is 11.5. The first-order valence-electron chi connectivity index (χ1n) is 26.9. The SMILES string of the molecule is Cc1c(F)c(N2CCNC(C)C2)cc2c1c(=O)c(C(=O)[O-])cn2C1CC1.Cc1c(F)c(N2CCNC(C)C2)cc2c1c(=O)c(C(=O)[O-])cn2C1CC1.Cc1c(F)c(N2CCNC(C)C2)cc2c1c(=O)c(C(=O)[O-])cn2C1CC1.[Ga+3]. The minimum atomic E-state index is -1.52. The Kier molecular flexibility index (Phi) is 16.3. The Morgan fingerprint density at radius 1 is 0.468 bits per heavy atom. The number of nitrogens with zero attached hydrogens (tertiary/aromatic N) is 6. The van der Waals surface area contributed by atoms with Gasteiger partial charge in [-0.05, 0) is 98.3 Å². The molecule has 0 amide bonds. The number of hydrogen-bond donors (Lipinski definition) is 3. The number of fused-ring (bicyclic) bond motifs is 3. The number of piperazine rings is 3. The van der Waals surface area contributed by atoms with Gasteiger partial charge in [-0.15, -0.1) is 0 Å². The molecule has 3 N–H and O–H groups in total. The minimum Gasteiger partial charge on any atom is -0.545 e. The number of halogens is 3. The van der Waals surface area contributed by atoms with Crippen molar-refractivity contribution in [2.24, 2.45) is 0 Å². The van der Waals surface area contributed by atoms with E-state index in [2.05, 4.69) is 16.0 Å². The smallest absolute Gasteiger partial charge is 0.545 e. The topological polar surface area (TPSA) is 232 Å². The predicted octanol–water partition coefficient (Wildman–Crippen LogP) is 2.46. The molecule has 3 aliphatic heterocycles. The summed E-state index contributed by atoms with van der Waals surface area (Å²) in [7, 11) is 0. The van der Waals surface area contributed by atoms with Crippen molar-refractivity contribution in [3.8, 4) is 0 Å². The summed E-state index contributed by atoms with van der Waals surface area (Å²) in [5.41, 5.74) is 0.572. The second-order valence-electron chi connectivity index (χ2n) is 22.0. The molecule has 3 unspecified atom stereocenters. The van der Waals surface area contributed by atoms with Crippen LogP contribution in [0.15, 0.2) is 51.2 Å². The van der Waals surface area contributed by atoms with Crippen LogP contribution in [0.25, 0.3) is 32.7 Å². The van der Waals surface area contributed by atoms with Gasteiger partial charge in [-0.3, -0.25) is 14.4 Å². The number of carboxylic acids is 3. The van der Waals surface area contributed by atoms with E-state index in [-0.39, 0.29) is 88.9 Å². The summed E-state index contributed by atoms with van der Waals surface area (Å²) in [6, 6.07) is 6.28. The van der Waals surface area contributed by atoms with Gasteiger partial charge in [0.25, 0.3) is 0 Å². The standard InChI is InChI=1S/3C19H22FN3O3.Ga/c3*1-10-8-22(6-5-21-10)15-7-14-16(11(2)17(15)20)18(24)13(19(25)26)9-23(14)12-3-4-12;/h3*7,9-10,12,21H,3-6,8H2,1-2H3,(H,25,26);/q;;;+3/p-3. The molecule has 18 nitrogen and oxygen atoms in total. The van der Waals surface area contributed by atoms with Gasteiger partial charge in [-0.1, -0.05) is 0 Å². The van der Waals surface area contributed by atoms with Gasteiger partial charge in [0, 0.05) is 130 Å². The van der Waals surface area contributed by atoms with Crippen molar-refractivity contribution in [1.29, 1.82) is 0 Å². The van der Waals surface area contributed by atoms with Gasteiger partial charge in [-0.2, -0.15) is 0 Å². The van der Waals surface area contributed by atoms with Gasteiger partial charge < -0.3 is 74.1 Å². The number of aromatic nitrogens is 3. The number of hydrogen-bond acceptors (Lipinski definition) is 15. The molecule has 6 aromatic rings. The molecule has 3 aromatic heterocycles. The fraction of sp³-hybridized carbons (Fsp3) is 0.474. The molecular formula is C57H63F3GaN9O9. The first-order chi connectivity index (χ1) is 37.1. The van der Waals surface area contributed by atoms with Crippen molar-refractivity contribution >= 4 is 87.5 Å². The van der Waals surface area contributed by atoms with E-state index in [0.29, 0.717) is 72.9 Å². The minimum absolute atomic E-state index is 0. The molecule has 3 saturated carbocycles. The molecule has 3 atom stereocenters. The summed E-state index contributed by atoms with van der Waals surface area (Å²) in [5.74, 6) is -5.94. The fourth-order valence-electron chi connectivity index (χ4n) is 11.5. The zero-order valence-electron chi connectivity index (χ0n) is 45.1. The van der Waals surface area contributed by atoms with E-state index >= 15 is 13.2 Å². The molecule has 414 valence electrons. The molecule has 22 heteroatoms. The van der Waals surface area contributed by atoms with Crippen molar-refractivity contribution in [2.75, 3.05) is 73.6 Å². The van der Waals surface area contributed by atoms with Crippen molar-refractivity contribution < 1.29 is 42.9 Å². The van der Waals surface area contributed by atoms with E-state index < -0.39 is 68.3 Å². The first-order valence-corrected chi connectivity index (χ1v) is 26.9. The zero-order chi connectivity index (χ0) is 55.8. The average Bonchev–Trinajstić information content (AvgIpc) is 4.39. The molecule has 6 heterocycles. The number of nitrogens with one attached hydrogen (secondary N) is 3. The largest absolute Gasteiger partial charge is 3.00 e. The third-order valence-electron chi connectivity index (χ3n) is 16.0. The summed E-state index contributed by atoms with van der Waals surface area (Å²) < 4.78 is 50.8. The zero-order valence-corrected chi connectivity index (χ0v) is 47.5. The molecule has 3 aliphatic carbocycles. The number of carbonyl (C=O) groups excluding carboxylic acids is 3. The number of aromatic carboxylic acids is 3. The Hall–Kier alpha value is -6.59. The van der Waals surface area contributed by atoms with Gasteiger partial charge in [0.1, 0.15) is 17.5 Å². The van der Waals surface area contributed by atoms with Crippen molar-refractivity contribution in [3.63, 3.8) is 0 Å². The number of carbonyl (C=O) groups is 3.